The average molecular weight is 386 g/mol. The number of thiazole rings is 1. The first-order chi connectivity index (χ1) is 13.0. The van der Waals surface area contributed by atoms with Crippen LogP contribution < -0.4 is 0 Å². The van der Waals surface area contributed by atoms with Crippen molar-refractivity contribution in [3.63, 3.8) is 0 Å². The van der Waals surface area contributed by atoms with Crippen LogP contribution in [-0.4, -0.2) is 53.2 Å². The normalized spacial score (nSPS) is 24.6. The van der Waals surface area contributed by atoms with Gasteiger partial charge in [-0.2, -0.15) is 0 Å². The molecular formula is C20H22N2O4S. The zero-order valence-electron chi connectivity index (χ0n) is 15.2. The molecule has 1 aromatic heterocycles. The van der Waals surface area contributed by atoms with Crippen LogP contribution in [0.2, 0.25) is 0 Å². The summed E-state index contributed by atoms with van der Waals surface area (Å²) in [5, 5.41) is 10.7. The summed E-state index contributed by atoms with van der Waals surface area (Å²) >= 11 is 1.41. The Morgan fingerprint density at radius 2 is 2.15 bits per heavy atom. The van der Waals surface area contributed by atoms with Gasteiger partial charge in [0.1, 0.15) is 4.88 Å². The lowest BCUT2D eigenvalue weighted by Gasteiger charge is -2.33. The summed E-state index contributed by atoms with van der Waals surface area (Å²) < 4.78 is 5.48. The van der Waals surface area contributed by atoms with Gasteiger partial charge in [0.15, 0.2) is 0 Å². The van der Waals surface area contributed by atoms with Crippen molar-refractivity contribution >= 4 is 23.2 Å². The van der Waals surface area contributed by atoms with Gasteiger partial charge in [0.2, 0.25) is 0 Å². The van der Waals surface area contributed by atoms with Crippen molar-refractivity contribution in [2.45, 2.75) is 19.8 Å². The summed E-state index contributed by atoms with van der Waals surface area (Å²) in [6.07, 6.45) is 1.15. The maximum atomic E-state index is 13.1. The quantitative estimate of drug-likeness (QED) is 0.874. The minimum Gasteiger partial charge on any atom is -0.481 e. The molecule has 0 spiro atoms. The average Bonchev–Trinajstić information content (AvgIpc) is 3.23. The minimum atomic E-state index is -0.876. The Labute approximate surface area is 161 Å². The molecule has 1 N–H and O–H groups in total. The number of aromatic nitrogens is 1. The van der Waals surface area contributed by atoms with E-state index in [0.29, 0.717) is 43.2 Å². The molecule has 0 unspecified atom stereocenters. The molecule has 3 heterocycles. The van der Waals surface area contributed by atoms with E-state index in [9.17, 15) is 14.7 Å². The number of nitrogens with zero attached hydrogens (tertiary/aromatic N) is 2. The summed E-state index contributed by atoms with van der Waals surface area (Å²) in [7, 11) is 0. The SMILES string of the molecule is Cc1nc(Cc2ccccc2)sc1C(=O)N1C[C@H]2COCC[C@@]2(C(=O)O)C1. The Kier molecular flexibility index (Phi) is 4.74. The van der Waals surface area contributed by atoms with Gasteiger partial charge in [-0.15, -0.1) is 11.3 Å². The molecule has 2 atom stereocenters. The van der Waals surface area contributed by atoms with E-state index in [1.54, 1.807) is 4.90 Å². The van der Waals surface area contributed by atoms with E-state index in [4.69, 9.17) is 4.74 Å². The Hall–Kier alpha value is -2.25. The molecule has 2 aliphatic rings. The summed E-state index contributed by atoms with van der Waals surface area (Å²) in [5.74, 6) is -1.08. The number of benzene rings is 1. The lowest BCUT2D eigenvalue weighted by atomic mass is 9.74. The number of carbonyl (C=O) groups is 2. The molecule has 6 nitrogen and oxygen atoms in total. The van der Waals surface area contributed by atoms with Crippen molar-refractivity contribution in [1.82, 2.24) is 9.88 Å². The number of fused-ring (bicyclic) bond motifs is 1. The lowest BCUT2D eigenvalue weighted by Crippen LogP contribution is -2.45. The van der Waals surface area contributed by atoms with E-state index in [1.165, 1.54) is 11.3 Å². The topological polar surface area (TPSA) is 79.7 Å². The van der Waals surface area contributed by atoms with Gasteiger partial charge in [-0.25, -0.2) is 4.98 Å². The van der Waals surface area contributed by atoms with Gasteiger partial charge >= 0.3 is 5.97 Å². The second-order valence-corrected chi connectivity index (χ2v) is 8.44. The van der Waals surface area contributed by atoms with Crippen molar-refractivity contribution in [3.8, 4) is 0 Å². The molecule has 142 valence electrons. The van der Waals surface area contributed by atoms with Crippen LogP contribution in [0.1, 0.15) is 32.4 Å². The maximum Gasteiger partial charge on any atom is 0.311 e. The fourth-order valence-electron chi connectivity index (χ4n) is 4.09. The molecule has 2 aliphatic heterocycles. The highest BCUT2D eigenvalue weighted by molar-refractivity contribution is 7.13. The molecule has 27 heavy (non-hydrogen) atoms. The number of hydrogen-bond donors (Lipinski definition) is 1. The second-order valence-electron chi connectivity index (χ2n) is 7.35. The van der Waals surface area contributed by atoms with Crippen LogP contribution in [-0.2, 0) is 16.0 Å². The first-order valence-electron chi connectivity index (χ1n) is 9.10. The molecular weight excluding hydrogens is 364 g/mol. The van der Waals surface area contributed by atoms with Gasteiger partial charge in [-0.05, 0) is 18.9 Å². The number of aryl methyl sites for hydroxylation is 1. The molecule has 0 aliphatic carbocycles. The van der Waals surface area contributed by atoms with Gasteiger partial charge < -0.3 is 14.7 Å². The van der Waals surface area contributed by atoms with Crippen LogP contribution in [0, 0.1) is 18.3 Å². The van der Waals surface area contributed by atoms with E-state index in [-0.39, 0.29) is 18.4 Å². The van der Waals surface area contributed by atoms with Gasteiger partial charge in [0.25, 0.3) is 5.91 Å². The van der Waals surface area contributed by atoms with Gasteiger partial charge in [-0.3, -0.25) is 9.59 Å². The number of amides is 1. The van der Waals surface area contributed by atoms with E-state index < -0.39 is 11.4 Å². The standard InChI is InChI=1S/C20H22N2O4S/c1-13-17(27-16(21-13)9-14-5-3-2-4-6-14)18(23)22-10-15-11-26-8-7-20(15,12-22)19(24)25/h2-6,15H,7-12H2,1H3,(H,24,25)/t15-,20+/m0/s1. The molecule has 1 amide bonds. The van der Waals surface area contributed by atoms with Crippen LogP contribution in [0.15, 0.2) is 30.3 Å². The number of rotatable bonds is 4. The largest absolute Gasteiger partial charge is 0.481 e. The van der Waals surface area contributed by atoms with Crippen LogP contribution in [0.4, 0.5) is 0 Å². The molecule has 7 heteroatoms. The van der Waals surface area contributed by atoms with E-state index >= 15 is 0 Å². The zero-order chi connectivity index (χ0) is 19.0. The molecule has 0 radical (unpaired) electrons. The molecule has 2 saturated heterocycles. The third-order valence-corrected chi connectivity index (χ3v) is 6.80. The van der Waals surface area contributed by atoms with Crippen molar-refractivity contribution in [3.05, 3.63) is 51.5 Å². The van der Waals surface area contributed by atoms with Crippen molar-refractivity contribution in [1.29, 1.82) is 0 Å². The minimum absolute atomic E-state index is 0.112. The zero-order valence-corrected chi connectivity index (χ0v) is 16.0. The van der Waals surface area contributed by atoms with Crippen LogP contribution in [0.5, 0.6) is 0 Å². The van der Waals surface area contributed by atoms with Crippen LogP contribution >= 0.6 is 11.3 Å². The number of ether oxygens (including phenoxy) is 1. The second kappa shape index (κ2) is 7.05. The highest BCUT2D eigenvalue weighted by atomic mass is 32.1. The summed E-state index contributed by atoms with van der Waals surface area (Å²) in [4.78, 5) is 31.9. The van der Waals surface area contributed by atoms with E-state index in [2.05, 4.69) is 4.98 Å². The van der Waals surface area contributed by atoms with E-state index in [1.807, 2.05) is 37.3 Å². The van der Waals surface area contributed by atoms with Gasteiger partial charge in [-0.1, -0.05) is 30.3 Å². The van der Waals surface area contributed by atoms with Crippen LogP contribution in [0.25, 0.3) is 0 Å². The first kappa shape index (κ1) is 18.1. The van der Waals surface area contributed by atoms with Crippen molar-refractivity contribution < 1.29 is 19.4 Å². The third kappa shape index (κ3) is 3.26. The molecule has 0 saturated carbocycles. The predicted molar refractivity (Wildman–Crippen MR) is 101 cm³/mol. The molecule has 1 aromatic carbocycles. The van der Waals surface area contributed by atoms with Gasteiger partial charge in [0, 0.05) is 32.0 Å². The summed E-state index contributed by atoms with van der Waals surface area (Å²) in [5.41, 5.74) is 0.991. The summed E-state index contributed by atoms with van der Waals surface area (Å²) in [6.45, 7) is 3.36. The molecule has 4 rings (SSSR count). The highest BCUT2D eigenvalue weighted by Crippen LogP contribution is 2.43. The fourth-order valence-corrected chi connectivity index (χ4v) is 5.16. The monoisotopic (exact) mass is 386 g/mol. The van der Waals surface area contributed by atoms with E-state index in [0.717, 1.165) is 10.6 Å². The van der Waals surface area contributed by atoms with Crippen molar-refractivity contribution in [2.24, 2.45) is 11.3 Å². The Balaban J connectivity index is 1.54. The predicted octanol–water partition coefficient (Wildman–Crippen LogP) is 2.61. The maximum absolute atomic E-state index is 13.1. The fraction of sp³-hybridized carbons (Fsp3) is 0.450. The highest BCUT2D eigenvalue weighted by Gasteiger charge is 2.55. The lowest BCUT2D eigenvalue weighted by molar-refractivity contribution is -0.157. The smallest absolute Gasteiger partial charge is 0.311 e. The third-order valence-electron chi connectivity index (χ3n) is 5.65. The molecule has 2 aromatic rings. The van der Waals surface area contributed by atoms with Crippen molar-refractivity contribution in [2.75, 3.05) is 26.3 Å². The Morgan fingerprint density at radius 1 is 1.37 bits per heavy atom. The first-order valence-corrected chi connectivity index (χ1v) is 9.92. The Morgan fingerprint density at radius 3 is 2.85 bits per heavy atom. The number of likely N-dealkylation sites (tertiary alicyclic amines) is 1. The number of hydrogen-bond acceptors (Lipinski definition) is 5. The van der Waals surface area contributed by atoms with Gasteiger partial charge in [0.05, 0.1) is 22.7 Å². The number of carboxylic acids is 1. The van der Waals surface area contributed by atoms with Crippen LogP contribution in [0.3, 0.4) is 0 Å². The number of carbonyl (C=O) groups excluding carboxylic acids is 1. The molecule has 0 bridgehead atoms. The molecule has 2 fully saturated rings. The number of aliphatic carboxylic acids is 1. The summed E-state index contributed by atoms with van der Waals surface area (Å²) in [6, 6.07) is 10.0. The Bertz CT molecular complexity index is 866. The number of carboxylic acid groups (broad SMARTS) is 1.